The highest BCUT2D eigenvalue weighted by molar-refractivity contribution is 7.92. The number of hydrogen-bond donors (Lipinski definition) is 2. The van der Waals surface area contributed by atoms with Gasteiger partial charge >= 0.3 is 0 Å². The topological polar surface area (TPSA) is 84.5 Å². The molecule has 2 aromatic rings. The molecule has 0 atom stereocenters. The number of sulfonamides is 1. The van der Waals surface area contributed by atoms with Crippen LogP contribution in [0.3, 0.4) is 0 Å². The van der Waals surface area contributed by atoms with Crippen molar-refractivity contribution in [1.82, 2.24) is 5.32 Å². The van der Waals surface area contributed by atoms with Crippen LogP contribution in [-0.4, -0.2) is 27.5 Å². The first-order valence-electron chi connectivity index (χ1n) is 7.78. The fourth-order valence-electron chi connectivity index (χ4n) is 2.01. The lowest BCUT2D eigenvalue weighted by molar-refractivity contribution is -0.123. The van der Waals surface area contributed by atoms with Crippen LogP contribution in [0.4, 0.5) is 5.69 Å². The van der Waals surface area contributed by atoms with Crippen LogP contribution in [0, 0.1) is 0 Å². The molecule has 140 valence electrons. The minimum atomic E-state index is -3.81. The molecule has 0 saturated heterocycles. The second-order valence-corrected chi connectivity index (χ2v) is 7.93. The van der Waals surface area contributed by atoms with E-state index in [0.717, 1.165) is 6.42 Å². The zero-order valence-electron chi connectivity index (χ0n) is 14.0. The average Bonchev–Trinajstić information content (AvgIpc) is 2.57. The molecule has 0 radical (unpaired) electrons. The number of amides is 1. The molecule has 26 heavy (non-hydrogen) atoms. The van der Waals surface area contributed by atoms with Gasteiger partial charge in [0.1, 0.15) is 5.75 Å². The van der Waals surface area contributed by atoms with Gasteiger partial charge in [-0.15, -0.1) is 0 Å². The number of hydrogen-bond acceptors (Lipinski definition) is 4. The highest BCUT2D eigenvalue weighted by Crippen LogP contribution is 2.25. The van der Waals surface area contributed by atoms with Crippen molar-refractivity contribution < 1.29 is 17.9 Å². The van der Waals surface area contributed by atoms with Crippen molar-refractivity contribution >= 4 is 44.8 Å². The maximum absolute atomic E-state index is 12.4. The van der Waals surface area contributed by atoms with Crippen LogP contribution in [0.25, 0.3) is 0 Å². The summed E-state index contributed by atoms with van der Waals surface area (Å²) in [7, 11) is -3.81. The molecule has 0 aliphatic carbocycles. The van der Waals surface area contributed by atoms with Crippen LogP contribution in [0.2, 0.25) is 10.0 Å². The number of benzene rings is 2. The molecule has 9 heteroatoms. The Kier molecular flexibility index (Phi) is 7.14. The van der Waals surface area contributed by atoms with Crippen molar-refractivity contribution in [3.8, 4) is 5.75 Å². The Hall–Kier alpha value is -1.96. The van der Waals surface area contributed by atoms with Gasteiger partial charge in [0.05, 0.1) is 10.6 Å². The Balaban J connectivity index is 2.03. The summed E-state index contributed by atoms with van der Waals surface area (Å²) in [5.41, 5.74) is 0.260. The first-order valence-corrected chi connectivity index (χ1v) is 10.0. The summed E-state index contributed by atoms with van der Waals surface area (Å²) < 4.78 is 32.6. The van der Waals surface area contributed by atoms with Gasteiger partial charge in [0.2, 0.25) is 0 Å². The van der Waals surface area contributed by atoms with E-state index in [0.29, 0.717) is 22.3 Å². The Labute approximate surface area is 162 Å². The van der Waals surface area contributed by atoms with E-state index in [1.54, 1.807) is 0 Å². The van der Waals surface area contributed by atoms with Crippen molar-refractivity contribution in [3.05, 3.63) is 52.5 Å². The van der Waals surface area contributed by atoms with Crippen molar-refractivity contribution in [3.63, 3.8) is 0 Å². The summed E-state index contributed by atoms with van der Waals surface area (Å²) in [6, 6.07) is 10.1. The molecule has 2 aromatic carbocycles. The molecule has 0 fully saturated rings. The van der Waals surface area contributed by atoms with Crippen LogP contribution in [0.15, 0.2) is 47.4 Å². The standard InChI is InChI=1S/C17H18Cl2N2O4S/c1-2-7-20-17(22)11-25-15-3-5-16(6-4-15)26(23,24)21-14-9-12(18)8-13(19)10-14/h3-6,8-10,21H,2,7,11H2,1H3,(H,20,22). The Morgan fingerprint density at radius 2 is 1.69 bits per heavy atom. The van der Waals surface area contributed by atoms with Gasteiger partial charge in [0.25, 0.3) is 15.9 Å². The minimum absolute atomic E-state index is 0.0383. The molecule has 0 unspecified atom stereocenters. The SMILES string of the molecule is CCCNC(=O)COc1ccc(S(=O)(=O)Nc2cc(Cl)cc(Cl)c2)cc1. The molecule has 6 nitrogen and oxygen atoms in total. The molecule has 0 heterocycles. The van der Waals surface area contributed by atoms with E-state index in [2.05, 4.69) is 10.0 Å². The van der Waals surface area contributed by atoms with Crippen molar-refractivity contribution in [1.29, 1.82) is 0 Å². The summed E-state index contributed by atoms with van der Waals surface area (Å²) in [6.45, 7) is 2.40. The summed E-state index contributed by atoms with van der Waals surface area (Å²) in [6.07, 6.45) is 0.836. The lowest BCUT2D eigenvalue weighted by Crippen LogP contribution is -2.29. The summed E-state index contributed by atoms with van der Waals surface area (Å²) in [5, 5.41) is 3.32. The van der Waals surface area contributed by atoms with Gasteiger partial charge in [-0.1, -0.05) is 30.1 Å². The van der Waals surface area contributed by atoms with Gasteiger partial charge in [-0.3, -0.25) is 9.52 Å². The van der Waals surface area contributed by atoms with E-state index >= 15 is 0 Å². The molecule has 2 rings (SSSR count). The third kappa shape index (κ3) is 6.09. The molecule has 0 aliphatic rings. The lowest BCUT2D eigenvalue weighted by atomic mass is 10.3. The number of anilines is 1. The van der Waals surface area contributed by atoms with Crippen molar-refractivity contribution in [2.75, 3.05) is 17.9 Å². The minimum Gasteiger partial charge on any atom is -0.484 e. The second kappa shape index (κ2) is 9.12. The quantitative estimate of drug-likeness (QED) is 0.686. The van der Waals surface area contributed by atoms with Gasteiger partial charge in [0, 0.05) is 16.6 Å². The van der Waals surface area contributed by atoms with E-state index in [4.69, 9.17) is 27.9 Å². The predicted molar refractivity (Wildman–Crippen MR) is 103 cm³/mol. The molecule has 0 bridgehead atoms. The smallest absolute Gasteiger partial charge is 0.261 e. The highest BCUT2D eigenvalue weighted by atomic mass is 35.5. The molecule has 0 aliphatic heterocycles. The average molecular weight is 417 g/mol. The molecular formula is C17H18Cl2N2O4S. The number of nitrogens with one attached hydrogen (secondary N) is 2. The van der Waals surface area contributed by atoms with Gasteiger partial charge in [-0.2, -0.15) is 0 Å². The third-order valence-corrected chi connectivity index (χ3v) is 5.02. The number of halogens is 2. The van der Waals surface area contributed by atoms with Gasteiger partial charge in [0.15, 0.2) is 6.61 Å². The fourth-order valence-corrected chi connectivity index (χ4v) is 3.57. The second-order valence-electron chi connectivity index (χ2n) is 5.37. The van der Waals surface area contributed by atoms with E-state index in [9.17, 15) is 13.2 Å². The van der Waals surface area contributed by atoms with Crippen LogP contribution >= 0.6 is 23.2 Å². The predicted octanol–water partition coefficient (Wildman–Crippen LogP) is 3.70. The largest absolute Gasteiger partial charge is 0.484 e. The van der Waals surface area contributed by atoms with Crippen LogP contribution in [0.5, 0.6) is 5.75 Å². The fraction of sp³-hybridized carbons (Fsp3) is 0.235. The summed E-state index contributed by atoms with van der Waals surface area (Å²) in [5.74, 6) is 0.157. The Morgan fingerprint density at radius 3 is 2.27 bits per heavy atom. The van der Waals surface area contributed by atoms with Crippen molar-refractivity contribution in [2.45, 2.75) is 18.2 Å². The molecule has 0 spiro atoms. The number of carbonyl (C=O) groups is 1. The number of rotatable bonds is 8. The lowest BCUT2D eigenvalue weighted by Gasteiger charge is -2.10. The monoisotopic (exact) mass is 416 g/mol. The highest BCUT2D eigenvalue weighted by Gasteiger charge is 2.15. The van der Waals surface area contributed by atoms with Gasteiger partial charge < -0.3 is 10.1 Å². The zero-order chi connectivity index (χ0) is 19.2. The van der Waals surface area contributed by atoms with E-state index in [1.165, 1.54) is 42.5 Å². The molecular weight excluding hydrogens is 399 g/mol. The first kappa shape index (κ1) is 20.4. The number of ether oxygens (including phenoxy) is 1. The Bertz CT molecular complexity index is 851. The zero-order valence-corrected chi connectivity index (χ0v) is 16.3. The summed E-state index contributed by atoms with van der Waals surface area (Å²) >= 11 is 11.7. The van der Waals surface area contributed by atoms with E-state index < -0.39 is 10.0 Å². The third-order valence-electron chi connectivity index (χ3n) is 3.19. The number of carbonyl (C=O) groups excluding carboxylic acids is 1. The molecule has 0 saturated carbocycles. The van der Waals surface area contributed by atoms with Crippen LogP contribution in [0.1, 0.15) is 13.3 Å². The molecule has 1 amide bonds. The van der Waals surface area contributed by atoms with E-state index in [1.807, 2.05) is 6.92 Å². The van der Waals surface area contributed by atoms with Crippen LogP contribution in [-0.2, 0) is 14.8 Å². The Morgan fingerprint density at radius 1 is 1.08 bits per heavy atom. The molecule has 2 N–H and O–H groups in total. The summed E-state index contributed by atoms with van der Waals surface area (Å²) in [4.78, 5) is 11.5. The first-order chi connectivity index (χ1) is 12.3. The molecule has 0 aromatic heterocycles. The van der Waals surface area contributed by atoms with Gasteiger partial charge in [-0.05, 0) is 48.9 Å². The maximum Gasteiger partial charge on any atom is 0.261 e. The van der Waals surface area contributed by atoms with E-state index in [-0.39, 0.29) is 23.1 Å². The maximum atomic E-state index is 12.4. The normalized spacial score (nSPS) is 11.0. The van der Waals surface area contributed by atoms with Crippen LogP contribution < -0.4 is 14.8 Å². The van der Waals surface area contributed by atoms with Gasteiger partial charge in [-0.25, -0.2) is 8.42 Å². The van der Waals surface area contributed by atoms with Crippen molar-refractivity contribution in [2.24, 2.45) is 0 Å².